The first-order chi connectivity index (χ1) is 37.7. The van der Waals surface area contributed by atoms with E-state index in [1.54, 1.807) is 0 Å². The fourth-order valence-electron chi connectivity index (χ4n) is 12.5. The van der Waals surface area contributed by atoms with Crippen molar-refractivity contribution in [3.8, 4) is 56.1 Å². The van der Waals surface area contributed by atoms with Crippen LogP contribution < -0.4 is 0 Å². The van der Waals surface area contributed by atoms with E-state index in [1.165, 1.54) is 76.2 Å². The summed E-state index contributed by atoms with van der Waals surface area (Å²) in [7, 11) is 0. The molecule has 10 aromatic carbocycles. The van der Waals surface area contributed by atoms with Crippen molar-refractivity contribution in [2.24, 2.45) is 0 Å². The van der Waals surface area contributed by atoms with Gasteiger partial charge in [0.15, 0.2) is 0 Å². The van der Waals surface area contributed by atoms with Crippen LogP contribution in [0.1, 0.15) is 0 Å². The van der Waals surface area contributed by atoms with Gasteiger partial charge in [0.25, 0.3) is 0 Å². The lowest BCUT2D eigenvalue weighted by atomic mass is 9.92. The second-order valence-corrected chi connectivity index (χ2v) is 19.8. The molecule has 0 amide bonds. The first kappa shape index (κ1) is 42.2. The van der Waals surface area contributed by atoms with Crippen molar-refractivity contribution in [1.29, 1.82) is 0 Å². The Morgan fingerprint density at radius 3 is 0.803 bits per heavy atom. The molecule has 354 valence electrons. The minimum atomic E-state index is 1.03. The summed E-state index contributed by atoms with van der Waals surface area (Å²) in [6, 6.07) is 88.3. The second-order valence-electron chi connectivity index (χ2n) is 19.8. The quantitative estimate of drug-likeness (QED) is 0.160. The summed E-state index contributed by atoms with van der Waals surface area (Å²) >= 11 is 0. The van der Waals surface area contributed by atoms with Crippen LogP contribution in [0.3, 0.4) is 0 Å². The molecule has 0 radical (unpaired) electrons. The van der Waals surface area contributed by atoms with E-state index in [0.717, 1.165) is 67.2 Å². The minimum absolute atomic E-state index is 1.03. The molecule has 0 saturated heterocycles. The van der Waals surface area contributed by atoms with E-state index in [-0.39, 0.29) is 0 Å². The van der Waals surface area contributed by atoms with Gasteiger partial charge in [-0.25, -0.2) is 0 Å². The molecule has 76 heavy (non-hydrogen) atoms. The lowest BCUT2D eigenvalue weighted by Crippen LogP contribution is -1.96. The van der Waals surface area contributed by atoms with E-state index < -0.39 is 0 Å². The summed E-state index contributed by atoms with van der Waals surface area (Å²) < 4.78 is 9.58. The maximum Gasteiger partial charge on any atom is 0.0542 e. The van der Waals surface area contributed by atoms with Crippen LogP contribution in [0.2, 0.25) is 0 Å². The third-order valence-electron chi connectivity index (χ3n) is 15.8. The van der Waals surface area contributed by atoms with Gasteiger partial charge in [-0.15, -0.1) is 0 Å². The molecule has 0 aliphatic carbocycles. The van der Waals surface area contributed by atoms with Gasteiger partial charge in [0, 0.05) is 102 Å². The normalized spacial score (nSPS) is 11.9. The Hall–Kier alpha value is -10.3. The Labute approximate surface area is 436 Å². The molecule has 0 aliphatic heterocycles. The van der Waals surface area contributed by atoms with Crippen molar-refractivity contribution in [3.05, 3.63) is 267 Å². The van der Waals surface area contributed by atoms with E-state index >= 15 is 0 Å². The third kappa shape index (κ3) is 6.28. The molecule has 0 aliphatic rings. The highest BCUT2D eigenvalue weighted by Gasteiger charge is 2.20. The number of rotatable bonds is 7. The Morgan fingerprint density at radius 2 is 0.474 bits per heavy atom. The Balaban J connectivity index is 0.749. The maximum atomic E-state index is 4.69. The van der Waals surface area contributed by atoms with E-state index in [1.807, 2.05) is 24.8 Å². The fourth-order valence-corrected chi connectivity index (χ4v) is 12.5. The number of hydrogen-bond acceptors (Lipinski definition) is 2. The zero-order valence-corrected chi connectivity index (χ0v) is 41.1. The summed E-state index contributed by atoms with van der Waals surface area (Å²) in [5.74, 6) is 0. The molecule has 0 N–H and O–H groups in total. The van der Waals surface area contributed by atoms with Crippen LogP contribution in [0.25, 0.3) is 143 Å². The van der Waals surface area contributed by atoms with Crippen molar-refractivity contribution in [2.45, 2.75) is 0 Å². The van der Waals surface area contributed by atoms with Crippen LogP contribution in [-0.4, -0.2) is 28.2 Å². The molecule has 0 atom stereocenters. The number of nitrogens with zero attached hydrogens (tertiary/aromatic N) is 6. The lowest BCUT2D eigenvalue weighted by molar-refractivity contribution is 1.16. The summed E-state index contributed by atoms with van der Waals surface area (Å²) in [5, 5.41) is 9.91. The molecule has 6 aromatic heterocycles. The molecule has 6 heterocycles. The molecule has 6 nitrogen and oxygen atoms in total. The van der Waals surface area contributed by atoms with Gasteiger partial charge < -0.3 is 18.3 Å². The first-order valence-corrected chi connectivity index (χ1v) is 25.9. The van der Waals surface area contributed by atoms with Crippen LogP contribution >= 0.6 is 0 Å². The van der Waals surface area contributed by atoms with E-state index in [2.05, 4.69) is 271 Å². The predicted molar refractivity (Wildman–Crippen MR) is 316 cm³/mol. The molecular formula is C70H44N6. The highest BCUT2D eigenvalue weighted by atomic mass is 15.0. The Morgan fingerprint density at radius 1 is 0.211 bits per heavy atom. The van der Waals surface area contributed by atoms with Gasteiger partial charge >= 0.3 is 0 Å². The molecular weight excluding hydrogens is 925 g/mol. The number of hydrogen-bond donors (Lipinski definition) is 0. The highest BCUT2D eigenvalue weighted by Crippen LogP contribution is 2.42. The third-order valence-corrected chi connectivity index (χ3v) is 15.8. The SMILES string of the molecule is c1ccc2c(c1)c1ccccc1n2-c1ccc2c(c1)c1ccccc1n2-c1ccc(-c2ccncc2-c2cnccc2-c2ccc(-n3c4ccccc4c4cc(-n5c6ccccc6c6ccccc65)ccc43)cc2)cc1. The maximum absolute atomic E-state index is 4.69. The van der Waals surface area contributed by atoms with Gasteiger partial charge in [0.05, 0.1) is 44.1 Å². The van der Waals surface area contributed by atoms with Crippen LogP contribution in [-0.2, 0) is 0 Å². The van der Waals surface area contributed by atoms with Crippen molar-refractivity contribution in [1.82, 2.24) is 28.2 Å². The van der Waals surface area contributed by atoms with Gasteiger partial charge in [0.2, 0.25) is 0 Å². The average molecular weight is 969 g/mol. The number of aromatic nitrogens is 6. The monoisotopic (exact) mass is 968 g/mol. The van der Waals surface area contributed by atoms with Crippen molar-refractivity contribution >= 4 is 87.2 Å². The fraction of sp³-hybridized carbons (Fsp3) is 0. The Kier molecular flexibility index (Phi) is 9.23. The summed E-state index contributed by atoms with van der Waals surface area (Å²) in [4.78, 5) is 9.37. The largest absolute Gasteiger partial charge is 0.309 e. The lowest BCUT2D eigenvalue weighted by Gasteiger charge is -2.15. The predicted octanol–water partition coefficient (Wildman–Crippen LogP) is 17.9. The van der Waals surface area contributed by atoms with Crippen LogP contribution in [0.5, 0.6) is 0 Å². The van der Waals surface area contributed by atoms with Crippen molar-refractivity contribution in [2.75, 3.05) is 0 Å². The van der Waals surface area contributed by atoms with E-state index in [4.69, 9.17) is 0 Å². The van der Waals surface area contributed by atoms with Crippen LogP contribution in [0.15, 0.2) is 267 Å². The van der Waals surface area contributed by atoms with Gasteiger partial charge in [-0.3, -0.25) is 9.97 Å². The molecule has 0 fully saturated rings. The summed E-state index contributed by atoms with van der Waals surface area (Å²) in [6.45, 7) is 0. The number of fused-ring (bicyclic) bond motifs is 12. The first-order valence-electron chi connectivity index (χ1n) is 25.9. The standard InChI is InChI=1S/C70H44N6/c1-7-19-63-53(13-1)54-14-2-8-20-64(54)75(63)49-33-35-69-59(41-49)57-17-5-11-23-67(57)73(69)47-29-25-45(26-30-47)51-37-39-71-43-61(51)62-44-72-40-38-52(62)46-27-31-48(32-28-46)74-68-24-12-6-18-58(68)60-42-50(34-36-70(60)74)76-65-21-9-3-15-55(65)56-16-4-10-22-66(56)76/h1-44H. The Bertz CT molecular complexity index is 4570. The van der Waals surface area contributed by atoms with Crippen molar-refractivity contribution < 1.29 is 0 Å². The molecule has 0 spiro atoms. The van der Waals surface area contributed by atoms with Gasteiger partial charge in [0.1, 0.15) is 0 Å². The van der Waals surface area contributed by atoms with Crippen LogP contribution in [0, 0.1) is 0 Å². The van der Waals surface area contributed by atoms with Gasteiger partial charge in [-0.05, 0) is 131 Å². The van der Waals surface area contributed by atoms with Crippen LogP contribution in [0.4, 0.5) is 0 Å². The van der Waals surface area contributed by atoms with Gasteiger partial charge in [-0.2, -0.15) is 0 Å². The number of pyridine rings is 2. The van der Waals surface area contributed by atoms with E-state index in [9.17, 15) is 0 Å². The zero-order valence-electron chi connectivity index (χ0n) is 41.1. The summed E-state index contributed by atoms with van der Waals surface area (Å²) in [5.41, 5.74) is 20.4. The molecule has 16 rings (SSSR count). The molecule has 16 aromatic rings. The van der Waals surface area contributed by atoms with Gasteiger partial charge in [-0.1, -0.05) is 133 Å². The van der Waals surface area contributed by atoms with Crippen molar-refractivity contribution in [3.63, 3.8) is 0 Å². The highest BCUT2D eigenvalue weighted by molar-refractivity contribution is 6.14. The minimum Gasteiger partial charge on any atom is -0.309 e. The molecule has 0 saturated carbocycles. The second kappa shape index (κ2) is 16.6. The molecule has 0 bridgehead atoms. The topological polar surface area (TPSA) is 45.5 Å². The average Bonchev–Trinajstić information content (AvgIpc) is 4.33. The zero-order chi connectivity index (χ0) is 49.8. The smallest absolute Gasteiger partial charge is 0.0542 e. The molecule has 0 unspecified atom stereocenters. The molecule has 6 heteroatoms. The van der Waals surface area contributed by atoms with E-state index in [0.29, 0.717) is 0 Å². The number of benzene rings is 10. The summed E-state index contributed by atoms with van der Waals surface area (Å²) in [6.07, 6.45) is 7.73. The number of para-hydroxylation sites is 6.